The Kier molecular flexibility index (Phi) is 6.23. The van der Waals surface area contributed by atoms with Crippen molar-refractivity contribution in [3.8, 4) is 6.07 Å². The van der Waals surface area contributed by atoms with Crippen LogP contribution >= 0.6 is 0 Å². The Hall–Kier alpha value is -2.02. The molecule has 4 heteroatoms. The van der Waals surface area contributed by atoms with Gasteiger partial charge in [-0.25, -0.2) is 0 Å². The molecule has 4 nitrogen and oxygen atoms in total. The summed E-state index contributed by atoms with van der Waals surface area (Å²) in [5.74, 6) is -0.299. The molecule has 0 aliphatic heterocycles. The molecule has 0 aliphatic carbocycles. The van der Waals surface area contributed by atoms with Crippen molar-refractivity contribution >= 4 is 12.0 Å². The van der Waals surface area contributed by atoms with Crippen molar-refractivity contribution in [2.75, 3.05) is 0 Å². The van der Waals surface area contributed by atoms with Crippen LogP contribution in [0.25, 0.3) is 6.08 Å². The summed E-state index contributed by atoms with van der Waals surface area (Å²) in [5.41, 5.74) is 3.35. The van der Waals surface area contributed by atoms with Gasteiger partial charge < -0.3 is 9.88 Å². The lowest BCUT2D eigenvalue weighted by Gasteiger charge is -2.10. The molecule has 114 valence electrons. The Labute approximate surface area is 127 Å². The number of aromatic nitrogens is 1. The number of nitrogens with zero attached hydrogens (tertiary/aromatic N) is 2. The summed E-state index contributed by atoms with van der Waals surface area (Å²) < 4.78 is 2.22. The second-order valence-electron chi connectivity index (χ2n) is 5.43. The zero-order chi connectivity index (χ0) is 16.0. The first kappa shape index (κ1) is 17.0. The minimum absolute atomic E-state index is 0.0711. The third kappa shape index (κ3) is 4.22. The smallest absolute Gasteiger partial charge is 0.262 e. The molecule has 1 N–H and O–H groups in total. The van der Waals surface area contributed by atoms with Crippen LogP contribution in [0.4, 0.5) is 0 Å². The first-order valence-electron chi connectivity index (χ1n) is 7.53. The standard InChI is InChI=1S/C17H25N3O/c1-6-8-20-13(4)9-15(14(20)5)10-16(11-18)17(21)19-12(3)7-2/h9-10,12H,6-8H2,1-5H3,(H,19,21). The number of rotatable bonds is 6. The summed E-state index contributed by atoms with van der Waals surface area (Å²) in [6, 6.07) is 4.11. The minimum atomic E-state index is -0.299. The highest BCUT2D eigenvalue weighted by atomic mass is 16.1. The molecular formula is C17H25N3O. The summed E-state index contributed by atoms with van der Waals surface area (Å²) in [7, 11) is 0. The number of nitrogens with one attached hydrogen (secondary N) is 1. The van der Waals surface area contributed by atoms with Gasteiger partial charge in [-0.2, -0.15) is 5.26 Å². The summed E-state index contributed by atoms with van der Waals surface area (Å²) in [6.07, 6.45) is 3.58. The van der Waals surface area contributed by atoms with Gasteiger partial charge >= 0.3 is 0 Å². The van der Waals surface area contributed by atoms with E-state index in [-0.39, 0.29) is 17.5 Å². The van der Waals surface area contributed by atoms with Crippen LogP contribution < -0.4 is 5.32 Å². The van der Waals surface area contributed by atoms with E-state index in [2.05, 4.69) is 16.8 Å². The fourth-order valence-corrected chi connectivity index (χ4v) is 2.25. The quantitative estimate of drug-likeness (QED) is 0.644. The Morgan fingerprint density at radius 1 is 1.48 bits per heavy atom. The van der Waals surface area contributed by atoms with Gasteiger partial charge in [0, 0.05) is 24.0 Å². The molecular weight excluding hydrogens is 262 g/mol. The summed E-state index contributed by atoms with van der Waals surface area (Å²) in [5, 5.41) is 12.1. The predicted octanol–water partition coefficient (Wildman–Crippen LogP) is 3.34. The zero-order valence-electron chi connectivity index (χ0n) is 13.7. The number of hydrogen-bond donors (Lipinski definition) is 1. The second kappa shape index (κ2) is 7.68. The second-order valence-corrected chi connectivity index (χ2v) is 5.43. The fourth-order valence-electron chi connectivity index (χ4n) is 2.25. The average Bonchev–Trinajstić information content (AvgIpc) is 2.72. The van der Waals surface area contributed by atoms with Gasteiger partial charge in [-0.15, -0.1) is 0 Å². The molecule has 1 amide bonds. The zero-order valence-corrected chi connectivity index (χ0v) is 13.7. The highest BCUT2D eigenvalue weighted by molar-refractivity contribution is 6.01. The SMILES string of the molecule is CCCn1c(C)cc(C=C(C#N)C(=O)NC(C)CC)c1C. The molecule has 1 rings (SSSR count). The van der Waals surface area contributed by atoms with Gasteiger partial charge in [0.25, 0.3) is 5.91 Å². The maximum Gasteiger partial charge on any atom is 0.262 e. The average molecular weight is 287 g/mol. The minimum Gasteiger partial charge on any atom is -0.349 e. The van der Waals surface area contributed by atoms with Crippen molar-refractivity contribution in [2.24, 2.45) is 0 Å². The van der Waals surface area contributed by atoms with Crippen molar-refractivity contribution in [2.45, 2.75) is 60.0 Å². The molecule has 21 heavy (non-hydrogen) atoms. The number of aryl methyl sites for hydroxylation is 1. The van der Waals surface area contributed by atoms with Crippen molar-refractivity contribution in [1.29, 1.82) is 5.26 Å². The van der Waals surface area contributed by atoms with Crippen LogP contribution in [-0.2, 0) is 11.3 Å². The van der Waals surface area contributed by atoms with Crippen LogP contribution in [0.1, 0.15) is 50.6 Å². The maximum atomic E-state index is 12.1. The number of hydrogen-bond acceptors (Lipinski definition) is 2. The van der Waals surface area contributed by atoms with Crippen LogP contribution in [0.2, 0.25) is 0 Å². The van der Waals surface area contributed by atoms with E-state index >= 15 is 0 Å². The lowest BCUT2D eigenvalue weighted by atomic mass is 10.1. The Morgan fingerprint density at radius 3 is 2.67 bits per heavy atom. The van der Waals surface area contributed by atoms with Crippen LogP contribution in [-0.4, -0.2) is 16.5 Å². The summed E-state index contributed by atoms with van der Waals surface area (Å²) >= 11 is 0. The molecule has 1 aromatic heterocycles. The van der Waals surface area contributed by atoms with Gasteiger partial charge in [-0.05, 0) is 51.3 Å². The van der Waals surface area contributed by atoms with E-state index in [9.17, 15) is 10.1 Å². The number of carbonyl (C=O) groups excluding carboxylic acids is 1. The van der Waals surface area contributed by atoms with E-state index in [4.69, 9.17) is 0 Å². The third-order valence-electron chi connectivity index (χ3n) is 3.71. The van der Waals surface area contributed by atoms with Crippen molar-refractivity contribution in [3.63, 3.8) is 0 Å². The predicted molar refractivity (Wildman–Crippen MR) is 85.7 cm³/mol. The Bertz CT molecular complexity index is 576. The normalized spacial score (nSPS) is 12.9. The summed E-state index contributed by atoms with van der Waals surface area (Å²) in [4.78, 5) is 12.1. The first-order chi connectivity index (χ1) is 9.94. The number of nitriles is 1. The molecule has 1 unspecified atom stereocenters. The topological polar surface area (TPSA) is 57.8 Å². The lowest BCUT2D eigenvalue weighted by molar-refractivity contribution is -0.117. The molecule has 0 saturated heterocycles. The first-order valence-corrected chi connectivity index (χ1v) is 7.53. The molecule has 0 aliphatic rings. The summed E-state index contributed by atoms with van der Waals surface area (Å²) in [6.45, 7) is 11.1. The van der Waals surface area contributed by atoms with Crippen LogP contribution in [0.5, 0.6) is 0 Å². The van der Waals surface area contributed by atoms with Gasteiger partial charge in [0.05, 0.1) is 0 Å². The van der Waals surface area contributed by atoms with Crippen LogP contribution in [0.3, 0.4) is 0 Å². The van der Waals surface area contributed by atoms with E-state index in [0.717, 1.165) is 36.3 Å². The highest BCUT2D eigenvalue weighted by Crippen LogP contribution is 2.18. The highest BCUT2D eigenvalue weighted by Gasteiger charge is 2.13. The number of amides is 1. The molecule has 1 heterocycles. The molecule has 0 aromatic carbocycles. The Balaban J connectivity index is 3.07. The van der Waals surface area contributed by atoms with E-state index in [1.54, 1.807) is 6.08 Å². The van der Waals surface area contributed by atoms with Crippen molar-refractivity contribution in [3.05, 3.63) is 28.6 Å². The van der Waals surface area contributed by atoms with Gasteiger partial charge in [0.1, 0.15) is 11.6 Å². The Morgan fingerprint density at radius 2 is 2.14 bits per heavy atom. The molecule has 1 atom stereocenters. The fraction of sp³-hybridized carbons (Fsp3) is 0.529. The molecule has 0 spiro atoms. The van der Waals surface area contributed by atoms with E-state index in [1.165, 1.54) is 0 Å². The lowest BCUT2D eigenvalue weighted by Crippen LogP contribution is -2.32. The molecule has 0 saturated carbocycles. The molecule has 0 fully saturated rings. The third-order valence-corrected chi connectivity index (χ3v) is 3.71. The van der Waals surface area contributed by atoms with E-state index < -0.39 is 0 Å². The largest absolute Gasteiger partial charge is 0.349 e. The van der Waals surface area contributed by atoms with Crippen LogP contribution in [0.15, 0.2) is 11.6 Å². The maximum absolute atomic E-state index is 12.1. The van der Waals surface area contributed by atoms with Gasteiger partial charge in [-0.3, -0.25) is 4.79 Å². The number of carbonyl (C=O) groups is 1. The molecule has 0 radical (unpaired) electrons. The molecule has 1 aromatic rings. The van der Waals surface area contributed by atoms with Crippen molar-refractivity contribution < 1.29 is 4.79 Å². The van der Waals surface area contributed by atoms with Gasteiger partial charge in [0.2, 0.25) is 0 Å². The molecule has 0 bridgehead atoms. The van der Waals surface area contributed by atoms with Gasteiger partial charge in [0.15, 0.2) is 0 Å². The monoisotopic (exact) mass is 287 g/mol. The van der Waals surface area contributed by atoms with Crippen LogP contribution in [0, 0.1) is 25.2 Å². The van der Waals surface area contributed by atoms with E-state index in [1.807, 2.05) is 39.8 Å². The van der Waals surface area contributed by atoms with Crippen molar-refractivity contribution in [1.82, 2.24) is 9.88 Å². The van der Waals surface area contributed by atoms with E-state index in [0.29, 0.717) is 0 Å². The van der Waals surface area contributed by atoms with Gasteiger partial charge in [-0.1, -0.05) is 13.8 Å².